The summed E-state index contributed by atoms with van der Waals surface area (Å²) in [4.78, 5) is 31.0. The maximum absolute atomic E-state index is 13.7. The largest absolute Gasteiger partial charge is 0.462 e. The summed E-state index contributed by atoms with van der Waals surface area (Å²) in [5.74, 6) is -0.749. The van der Waals surface area contributed by atoms with E-state index in [4.69, 9.17) is 9.72 Å². The fraction of sp³-hybridized carbons (Fsp3) is 0.115. The maximum atomic E-state index is 13.7. The topological polar surface area (TPSA) is 104 Å². The van der Waals surface area contributed by atoms with E-state index in [1.54, 1.807) is 23.9 Å². The predicted molar refractivity (Wildman–Crippen MR) is 131 cm³/mol. The zero-order chi connectivity index (χ0) is 24.4. The molecule has 0 radical (unpaired) electrons. The van der Waals surface area contributed by atoms with Crippen molar-refractivity contribution in [2.75, 3.05) is 11.9 Å². The number of nitrogens with zero attached hydrogens (tertiary/aromatic N) is 5. The van der Waals surface area contributed by atoms with E-state index in [-0.39, 0.29) is 18.0 Å². The van der Waals surface area contributed by atoms with Crippen LogP contribution in [0.5, 0.6) is 0 Å². The number of benzene rings is 2. The van der Waals surface area contributed by atoms with Gasteiger partial charge in [0.15, 0.2) is 5.82 Å². The van der Waals surface area contributed by atoms with Crippen LogP contribution in [0.1, 0.15) is 27.6 Å². The number of rotatable bonds is 6. The normalized spacial score (nSPS) is 10.9. The van der Waals surface area contributed by atoms with Gasteiger partial charge in [0.1, 0.15) is 5.56 Å². The molecule has 0 spiro atoms. The molecule has 9 heteroatoms. The summed E-state index contributed by atoms with van der Waals surface area (Å²) in [7, 11) is 1.82. The van der Waals surface area contributed by atoms with Gasteiger partial charge in [-0.25, -0.2) is 14.5 Å². The highest BCUT2D eigenvalue weighted by Gasteiger charge is 2.23. The zero-order valence-corrected chi connectivity index (χ0v) is 19.2. The second-order valence-electron chi connectivity index (χ2n) is 7.80. The molecule has 5 rings (SSSR count). The lowest BCUT2D eigenvalue weighted by molar-refractivity contribution is 0.0527. The van der Waals surface area contributed by atoms with Crippen LogP contribution in [0.4, 0.5) is 5.82 Å². The van der Waals surface area contributed by atoms with Gasteiger partial charge in [-0.2, -0.15) is 10.2 Å². The molecule has 3 heterocycles. The number of nitrogens with one attached hydrogen (secondary N) is 1. The highest BCUT2D eigenvalue weighted by atomic mass is 16.5. The van der Waals surface area contributed by atoms with Crippen molar-refractivity contribution in [3.8, 4) is 16.9 Å². The minimum atomic E-state index is -0.569. The average Bonchev–Trinajstić information content (AvgIpc) is 3.50. The highest BCUT2D eigenvalue weighted by Crippen LogP contribution is 2.27. The number of carbonyl (C=O) groups excluding carboxylic acids is 2. The lowest BCUT2D eigenvalue weighted by atomic mass is 10.0. The summed E-state index contributed by atoms with van der Waals surface area (Å²) in [6, 6.07) is 18.4. The summed E-state index contributed by atoms with van der Waals surface area (Å²) in [5, 5.41) is 12.1. The third-order valence-electron chi connectivity index (χ3n) is 5.46. The molecule has 1 N–H and O–H groups in total. The summed E-state index contributed by atoms with van der Waals surface area (Å²) in [5.41, 5.74) is 3.33. The number of ether oxygens (including phenoxy) is 1. The quantitative estimate of drug-likeness (QED) is 0.375. The fourth-order valence-corrected chi connectivity index (χ4v) is 3.83. The van der Waals surface area contributed by atoms with E-state index in [9.17, 15) is 9.59 Å². The van der Waals surface area contributed by atoms with Gasteiger partial charge in [-0.1, -0.05) is 36.4 Å². The van der Waals surface area contributed by atoms with Gasteiger partial charge in [0.2, 0.25) is 0 Å². The van der Waals surface area contributed by atoms with Crippen molar-refractivity contribution in [1.29, 1.82) is 0 Å². The molecule has 0 aliphatic carbocycles. The Kier molecular flexibility index (Phi) is 5.80. The molecule has 0 bridgehead atoms. The van der Waals surface area contributed by atoms with Gasteiger partial charge in [0.25, 0.3) is 5.91 Å². The van der Waals surface area contributed by atoms with Crippen LogP contribution < -0.4 is 5.32 Å². The number of carbonyl (C=O) groups is 2. The van der Waals surface area contributed by atoms with Crippen LogP contribution in [0.25, 0.3) is 27.8 Å². The molecule has 0 saturated carbocycles. The van der Waals surface area contributed by atoms with Gasteiger partial charge in [-0.05, 0) is 31.2 Å². The van der Waals surface area contributed by atoms with Gasteiger partial charge in [-0.15, -0.1) is 0 Å². The van der Waals surface area contributed by atoms with Crippen LogP contribution in [-0.4, -0.2) is 43.0 Å². The number of hydrogen-bond acceptors (Lipinski definition) is 6. The van der Waals surface area contributed by atoms with Crippen molar-refractivity contribution in [1.82, 2.24) is 24.5 Å². The number of pyridine rings is 1. The number of fused-ring (bicyclic) bond motifs is 1. The van der Waals surface area contributed by atoms with Crippen molar-refractivity contribution in [2.45, 2.75) is 6.92 Å². The number of para-hydroxylation sites is 2. The Morgan fingerprint density at radius 1 is 0.971 bits per heavy atom. The van der Waals surface area contributed by atoms with Crippen LogP contribution >= 0.6 is 0 Å². The second kappa shape index (κ2) is 9.22. The van der Waals surface area contributed by atoms with Crippen molar-refractivity contribution >= 4 is 28.6 Å². The molecule has 0 atom stereocenters. The van der Waals surface area contributed by atoms with Gasteiger partial charge < -0.3 is 10.1 Å². The van der Waals surface area contributed by atoms with Crippen LogP contribution in [0.15, 0.2) is 79.3 Å². The fourth-order valence-electron chi connectivity index (χ4n) is 3.83. The predicted octanol–water partition coefficient (Wildman–Crippen LogP) is 4.25. The molecule has 0 saturated heterocycles. The van der Waals surface area contributed by atoms with E-state index in [1.165, 1.54) is 10.9 Å². The van der Waals surface area contributed by atoms with Gasteiger partial charge in [0, 0.05) is 24.2 Å². The monoisotopic (exact) mass is 466 g/mol. The Bertz CT molecular complexity index is 1540. The Morgan fingerprint density at radius 3 is 2.49 bits per heavy atom. The van der Waals surface area contributed by atoms with E-state index in [2.05, 4.69) is 15.5 Å². The number of anilines is 1. The molecule has 0 fully saturated rings. The van der Waals surface area contributed by atoms with E-state index in [0.717, 1.165) is 5.56 Å². The summed E-state index contributed by atoms with van der Waals surface area (Å²) in [6.45, 7) is 1.92. The highest BCUT2D eigenvalue weighted by molar-refractivity contribution is 6.14. The van der Waals surface area contributed by atoms with Crippen molar-refractivity contribution in [3.05, 3.63) is 90.4 Å². The van der Waals surface area contributed by atoms with E-state index < -0.39 is 11.9 Å². The second-order valence-corrected chi connectivity index (χ2v) is 7.80. The molecule has 35 heavy (non-hydrogen) atoms. The SMILES string of the molecule is CCOC(=O)c1cnn(-c2ccccc2)c1NC(=O)c1cc(-c2cnn(C)c2)nc2ccccc12. The minimum absolute atomic E-state index is 0.162. The van der Waals surface area contributed by atoms with Crippen molar-refractivity contribution < 1.29 is 14.3 Å². The van der Waals surface area contributed by atoms with Gasteiger partial charge in [-0.3, -0.25) is 9.48 Å². The molecule has 0 aliphatic heterocycles. The standard InChI is InChI=1S/C26H22N6O3/c1-3-35-26(34)21-15-28-32(18-9-5-4-6-10-18)24(21)30-25(33)20-13-23(17-14-27-31(2)16-17)29-22-12-8-7-11-19(20)22/h4-16H,3H2,1-2H3,(H,30,33). The molecule has 0 aliphatic rings. The summed E-state index contributed by atoms with van der Waals surface area (Å²) >= 11 is 0. The molecule has 3 aromatic heterocycles. The maximum Gasteiger partial charge on any atom is 0.343 e. The van der Waals surface area contributed by atoms with Crippen LogP contribution in [0.2, 0.25) is 0 Å². The molecular weight excluding hydrogens is 444 g/mol. The first-order chi connectivity index (χ1) is 17.0. The Labute approximate surface area is 201 Å². The molecule has 1 amide bonds. The molecule has 174 valence electrons. The van der Waals surface area contributed by atoms with Crippen LogP contribution in [-0.2, 0) is 11.8 Å². The Hall–Kier alpha value is -4.79. The number of amides is 1. The first-order valence-corrected chi connectivity index (χ1v) is 11.1. The lowest BCUT2D eigenvalue weighted by Crippen LogP contribution is -2.18. The third-order valence-corrected chi connectivity index (χ3v) is 5.46. The summed E-state index contributed by atoms with van der Waals surface area (Å²) in [6.07, 6.45) is 4.93. The van der Waals surface area contributed by atoms with E-state index in [0.29, 0.717) is 27.8 Å². The Balaban J connectivity index is 1.61. The Morgan fingerprint density at radius 2 is 1.74 bits per heavy atom. The van der Waals surface area contributed by atoms with E-state index >= 15 is 0 Å². The van der Waals surface area contributed by atoms with Crippen LogP contribution in [0.3, 0.4) is 0 Å². The number of aromatic nitrogens is 5. The molecule has 5 aromatic rings. The molecule has 2 aromatic carbocycles. The van der Waals surface area contributed by atoms with Gasteiger partial charge >= 0.3 is 5.97 Å². The molecular formula is C26H22N6O3. The van der Waals surface area contributed by atoms with E-state index in [1.807, 2.05) is 67.8 Å². The third kappa shape index (κ3) is 4.26. The average molecular weight is 467 g/mol. The molecule has 9 nitrogen and oxygen atoms in total. The number of esters is 1. The smallest absolute Gasteiger partial charge is 0.343 e. The number of aryl methyl sites for hydroxylation is 1. The first kappa shape index (κ1) is 22.0. The van der Waals surface area contributed by atoms with Gasteiger partial charge in [0.05, 0.1) is 41.5 Å². The lowest BCUT2D eigenvalue weighted by Gasteiger charge is -2.13. The molecule has 0 unspecified atom stereocenters. The first-order valence-electron chi connectivity index (χ1n) is 11.1. The number of hydrogen-bond donors (Lipinski definition) is 1. The van der Waals surface area contributed by atoms with Crippen LogP contribution in [0, 0.1) is 0 Å². The van der Waals surface area contributed by atoms with Crippen molar-refractivity contribution in [3.63, 3.8) is 0 Å². The van der Waals surface area contributed by atoms with Crippen molar-refractivity contribution in [2.24, 2.45) is 7.05 Å². The summed E-state index contributed by atoms with van der Waals surface area (Å²) < 4.78 is 8.38. The zero-order valence-electron chi connectivity index (χ0n) is 19.2. The minimum Gasteiger partial charge on any atom is -0.462 e.